The van der Waals surface area contributed by atoms with Gasteiger partial charge in [-0.05, 0) is 61.4 Å². The molecule has 0 amide bonds. The van der Waals surface area contributed by atoms with E-state index in [9.17, 15) is 79.0 Å². The van der Waals surface area contributed by atoms with Gasteiger partial charge in [0, 0.05) is 13.1 Å². The van der Waals surface area contributed by atoms with Crippen molar-refractivity contribution in [3.05, 3.63) is 81.9 Å². The van der Waals surface area contributed by atoms with Gasteiger partial charge in [0.2, 0.25) is 0 Å². The molecule has 0 unspecified atom stereocenters. The summed E-state index contributed by atoms with van der Waals surface area (Å²) in [5, 5.41) is 0. The van der Waals surface area contributed by atoms with Crippen LogP contribution in [0.25, 0.3) is 0 Å². The molecule has 0 atom stereocenters. The van der Waals surface area contributed by atoms with Crippen LogP contribution >= 0.6 is 0 Å². The maximum Gasteiger partial charge on any atom is 0.864 e. The van der Waals surface area contributed by atoms with Crippen LogP contribution in [0, 0.1) is 0 Å². The number of nitrogens with zero attached hydrogens (tertiary/aromatic N) is 1. The lowest BCUT2D eigenvalue weighted by atomic mass is 10.0. The SMILES string of the molecule is CCCCCCCCCCCCCN(CCCCCC)c1c(OB(Oc2cc(C(F)(F)F)cc(C(F)(F)F)c2)Oc2cc(C(F)(F)F)cc(C(F)(F)F)c2)cc(C(F)(F)F)cc1C(F)(F)F. The van der Waals surface area contributed by atoms with Crippen molar-refractivity contribution < 1.29 is 93.0 Å². The Morgan fingerprint density at radius 2 is 0.667 bits per heavy atom. The fourth-order valence-corrected chi connectivity index (χ4v) is 6.82. The van der Waals surface area contributed by atoms with Crippen LogP contribution in [0.2, 0.25) is 0 Å². The van der Waals surface area contributed by atoms with Gasteiger partial charge in [-0.25, -0.2) is 0 Å². The quantitative estimate of drug-likeness (QED) is 0.0508. The molecule has 0 radical (unpaired) electrons. The van der Waals surface area contributed by atoms with Gasteiger partial charge in [0.05, 0.1) is 39.1 Å². The van der Waals surface area contributed by atoms with Crippen LogP contribution in [0.4, 0.5) is 84.7 Å². The fraction of sp³-hybridized carbons (Fsp3) is 0.581. The minimum absolute atomic E-state index is 0.0373. The molecule has 0 spiro atoms. The zero-order valence-corrected chi connectivity index (χ0v) is 35.7. The molecule has 3 aromatic carbocycles. The largest absolute Gasteiger partial charge is 0.864 e. The lowest BCUT2D eigenvalue weighted by Gasteiger charge is -2.31. The van der Waals surface area contributed by atoms with Crippen LogP contribution < -0.4 is 18.9 Å². The number of hydrogen-bond donors (Lipinski definition) is 0. The molecule has 372 valence electrons. The van der Waals surface area contributed by atoms with Crippen LogP contribution in [0.5, 0.6) is 17.2 Å². The Morgan fingerprint density at radius 1 is 0.364 bits per heavy atom. The molecule has 4 nitrogen and oxygen atoms in total. The second-order valence-electron chi connectivity index (χ2n) is 15.6. The van der Waals surface area contributed by atoms with Gasteiger partial charge in [-0.15, -0.1) is 0 Å². The van der Waals surface area contributed by atoms with Crippen LogP contribution in [0.3, 0.4) is 0 Å². The lowest BCUT2D eigenvalue weighted by Crippen LogP contribution is -2.38. The summed E-state index contributed by atoms with van der Waals surface area (Å²) in [7, 11) is -3.27. The van der Waals surface area contributed by atoms with Crippen molar-refractivity contribution in [3.8, 4) is 17.2 Å². The fourth-order valence-electron chi connectivity index (χ4n) is 6.82. The third-order valence-electron chi connectivity index (χ3n) is 10.1. The molecular formula is C43H48BF18NO3. The minimum atomic E-state index is -5.64. The van der Waals surface area contributed by atoms with E-state index in [2.05, 4.69) is 6.92 Å². The van der Waals surface area contributed by atoms with Crippen molar-refractivity contribution in [1.29, 1.82) is 0 Å². The molecule has 0 aromatic heterocycles. The summed E-state index contributed by atoms with van der Waals surface area (Å²) in [6, 6.07) is -1.72. The summed E-state index contributed by atoms with van der Waals surface area (Å²) < 4.78 is 269. The molecule has 66 heavy (non-hydrogen) atoms. The highest BCUT2D eigenvalue weighted by molar-refractivity contribution is 6.39. The smallest absolute Gasteiger partial charge is 0.490 e. The van der Waals surface area contributed by atoms with Crippen molar-refractivity contribution in [1.82, 2.24) is 0 Å². The van der Waals surface area contributed by atoms with E-state index in [-0.39, 0.29) is 62.3 Å². The first-order valence-corrected chi connectivity index (χ1v) is 21.1. The molecule has 0 heterocycles. The van der Waals surface area contributed by atoms with E-state index < -0.39 is 113 Å². The molecule has 0 N–H and O–H groups in total. The highest BCUT2D eigenvalue weighted by Crippen LogP contribution is 2.47. The topological polar surface area (TPSA) is 30.9 Å². The van der Waals surface area contributed by atoms with Gasteiger partial charge in [-0.2, -0.15) is 79.0 Å². The number of alkyl halides is 18. The summed E-state index contributed by atoms with van der Waals surface area (Å²) >= 11 is 0. The molecular weight excluding hydrogens is 931 g/mol. The standard InChI is InChI=1S/C43H48BF18NO3/c1-3-5-7-9-10-11-12-13-14-15-17-19-63(18-16-8-6-4-2)37-35(43(60,61)62)26-32(42(57,58)59)27-36(37)66-44(64-33-22-28(38(45,46)47)20-29(23-33)39(48,49)50)65-34-24-30(40(51,52)53)21-31(25-34)41(54,55)56/h20-27H,3-19H2,1-2H3. The predicted octanol–water partition coefficient (Wildman–Crippen LogP) is 17.0. The van der Waals surface area contributed by atoms with Gasteiger partial charge >= 0.3 is 44.4 Å². The zero-order valence-electron chi connectivity index (χ0n) is 35.7. The first kappa shape index (κ1) is 56.0. The first-order chi connectivity index (χ1) is 30.4. The Hall–Kier alpha value is -4.34. The second kappa shape index (κ2) is 23.6. The van der Waals surface area contributed by atoms with Crippen LogP contribution in [0.1, 0.15) is 144 Å². The summed E-state index contributed by atoms with van der Waals surface area (Å²) in [4.78, 5) is 0.997. The second-order valence-corrected chi connectivity index (χ2v) is 15.6. The highest BCUT2D eigenvalue weighted by Gasteiger charge is 2.45. The van der Waals surface area contributed by atoms with Gasteiger partial charge in [-0.1, -0.05) is 97.3 Å². The Balaban J connectivity index is 2.27. The number of rotatable bonds is 24. The van der Waals surface area contributed by atoms with E-state index in [1.165, 1.54) is 0 Å². The number of anilines is 1. The third kappa shape index (κ3) is 18.0. The Labute approximate surface area is 370 Å². The van der Waals surface area contributed by atoms with Crippen molar-refractivity contribution in [2.45, 2.75) is 147 Å². The van der Waals surface area contributed by atoms with Crippen molar-refractivity contribution in [2.75, 3.05) is 18.0 Å². The van der Waals surface area contributed by atoms with E-state index in [0.717, 1.165) is 56.3 Å². The Bertz CT molecular complexity index is 1810. The van der Waals surface area contributed by atoms with Gasteiger partial charge in [-0.3, -0.25) is 0 Å². The lowest BCUT2D eigenvalue weighted by molar-refractivity contribution is -0.144. The highest BCUT2D eigenvalue weighted by atomic mass is 19.4. The van der Waals surface area contributed by atoms with Crippen molar-refractivity contribution in [3.63, 3.8) is 0 Å². The predicted molar refractivity (Wildman–Crippen MR) is 210 cm³/mol. The molecule has 23 heteroatoms. The average Bonchev–Trinajstić information content (AvgIpc) is 3.18. The number of hydrogen-bond acceptors (Lipinski definition) is 4. The summed E-state index contributed by atoms with van der Waals surface area (Å²) in [6.07, 6.45) is -22.8. The molecule has 0 saturated heterocycles. The van der Waals surface area contributed by atoms with Gasteiger partial charge in [0.15, 0.2) is 0 Å². The van der Waals surface area contributed by atoms with Crippen molar-refractivity contribution in [2.24, 2.45) is 0 Å². The first-order valence-electron chi connectivity index (χ1n) is 21.1. The van der Waals surface area contributed by atoms with Crippen LogP contribution in [-0.2, 0) is 37.1 Å². The van der Waals surface area contributed by atoms with Crippen LogP contribution in [-0.4, -0.2) is 20.4 Å². The molecule has 3 rings (SSSR count). The van der Waals surface area contributed by atoms with E-state index in [4.69, 9.17) is 14.0 Å². The summed E-state index contributed by atoms with van der Waals surface area (Å²) in [5.74, 6) is -4.65. The third-order valence-corrected chi connectivity index (χ3v) is 10.1. The molecule has 0 aliphatic rings. The molecule has 0 aliphatic heterocycles. The van der Waals surface area contributed by atoms with E-state index in [0.29, 0.717) is 32.1 Å². The molecule has 0 saturated carbocycles. The molecule has 0 bridgehead atoms. The van der Waals surface area contributed by atoms with E-state index in [1.807, 2.05) is 0 Å². The minimum Gasteiger partial charge on any atom is -0.490 e. The Morgan fingerprint density at radius 3 is 0.985 bits per heavy atom. The number of benzene rings is 3. The van der Waals surface area contributed by atoms with Crippen molar-refractivity contribution >= 4 is 13.0 Å². The van der Waals surface area contributed by atoms with E-state index in [1.54, 1.807) is 6.92 Å². The van der Waals surface area contributed by atoms with Crippen LogP contribution in [0.15, 0.2) is 48.5 Å². The molecule has 0 fully saturated rings. The Kier molecular flexibility index (Phi) is 20.0. The zero-order chi connectivity index (χ0) is 49.7. The van der Waals surface area contributed by atoms with E-state index >= 15 is 0 Å². The maximum atomic E-state index is 15.0. The number of unbranched alkanes of at least 4 members (excludes halogenated alkanes) is 13. The summed E-state index contributed by atoms with van der Waals surface area (Å²) in [5.41, 5.74) is -13.6. The average molecular weight is 980 g/mol. The summed E-state index contributed by atoms with van der Waals surface area (Å²) in [6.45, 7) is 3.30. The van der Waals surface area contributed by atoms with Gasteiger partial charge < -0.3 is 18.9 Å². The number of halogens is 18. The molecule has 0 aliphatic carbocycles. The maximum absolute atomic E-state index is 15.0. The van der Waals surface area contributed by atoms with Gasteiger partial charge in [0.1, 0.15) is 17.2 Å². The monoisotopic (exact) mass is 979 g/mol. The molecule has 3 aromatic rings. The van der Waals surface area contributed by atoms with Gasteiger partial charge in [0.25, 0.3) is 0 Å². The normalized spacial score (nSPS) is 13.0.